The fourth-order valence-electron chi connectivity index (χ4n) is 2.22. The highest BCUT2D eigenvalue weighted by molar-refractivity contribution is 9.10. The van der Waals surface area contributed by atoms with Gasteiger partial charge in [0.2, 0.25) is 4.77 Å². The number of rotatable bonds is 6. The first kappa shape index (κ1) is 16.2. The van der Waals surface area contributed by atoms with E-state index in [1.54, 1.807) is 13.4 Å². The van der Waals surface area contributed by atoms with Gasteiger partial charge in [-0.25, -0.2) is 0 Å². The second-order valence-electron chi connectivity index (χ2n) is 4.95. The molecule has 21 heavy (non-hydrogen) atoms. The highest BCUT2D eigenvalue weighted by atomic mass is 79.9. The zero-order chi connectivity index (χ0) is 15.4. The minimum atomic E-state index is 0.724. The van der Waals surface area contributed by atoms with Crippen molar-refractivity contribution in [1.29, 1.82) is 0 Å². The van der Waals surface area contributed by atoms with E-state index in [-0.39, 0.29) is 0 Å². The molecule has 2 aromatic rings. The standard InChI is InChI=1S/C14H19BrN4OS/c1-4-18-9-16-19(14(18)21)10-17(2)8-11-7-12(15)5-6-13(11)20-3/h5-7,9H,4,8,10H2,1-3H3/p+1. The topological polar surface area (TPSA) is 36.4 Å². The summed E-state index contributed by atoms with van der Waals surface area (Å²) >= 11 is 8.90. The molecule has 0 saturated carbocycles. The van der Waals surface area contributed by atoms with Gasteiger partial charge < -0.3 is 14.2 Å². The summed E-state index contributed by atoms with van der Waals surface area (Å²) in [6.07, 6.45) is 1.79. The molecule has 114 valence electrons. The van der Waals surface area contributed by atoms with Crippen LogP contribution in [0, 0.1) is 4.77 Å². The Morgan fingerprint density at radius 2 is 2.19 bits per heavy atom. The SMILES string of the molecule is CCn1cnn(C[NH+](C)Cc2cc(Br)ccc2OC)c1=S. The van der Waals surface area contributed by atoms with Crippen LogP contribution in [0.5, 0.6) is 5.75 Å². The Morgan fingerprint density at radius 3 is 2.81 bits per heavy atom. The number of aromatic nitrogens is 3. The van der Waals surface area contributed by atoms with E-state index in [0.29, 0.717) is 0 Å². The number of hydrogen-bond donors (Lipinski definition) is 1. The number of benzene rings is 1. The molecule has 1 aromatic heterocycles. The first-order valence-corrected chi connectivity index (χ1v) is 8.01. The Balaban J connectivity index is 2.11. The maximum Gasteiger partial charge on any atom is 0.202 e. The largest absolute Gasteiger partial charge is 0.496 e. The van der Waals surface area contributed by atoms with E-state index in [4.69, 9.17) is 17.0 Å². The average Bonchev–Trinajstić information content (AvgIpc) is 2.79. The number of methoxy groups -OCH3 is 1. The molecule has 5 nitrogen and oxygen atoms in total. The minimum Gasteiger partial charge on any atom is -0.496 e. The zero-order valence-electron chi connectivity index (χ0n) is 12.5. The Bertz CT molecular complexity index is 667. The highest BCUT2D eigenvalue weighted by Crippen LogP contribution is 2.22. The van der Waals surface area contributed by atoms with E-state index in [1.165, 1.54) is 4.90 Å². The van der Waals surface area contributed by atoms with Gasteiger partial charge in [-0.1, -0.05) is 15.9 Å². The monoisotopic (exact) mass is 371 g/mol. The van der Waals surface area contributed by atoms with Gasteiger partial charge in [0.25, 0.3) is 0 Å². The van der Waals surface area contributed by atoms with Gasteiger partial charge in [-0.2, -0.15) is 9.78 Å². The van der Waals surface area contributed by atoms with Crippen molar-refractivity contribution in [3.8, 4) is 5.75 Å². The molecule has 0 spiro atoms. The van der Waals surface area contributed by atoms with Crippen molar-refractivity contribution in [2.24, 2.45) is 0 Å². The number of hydrogen-bond acceptors (Lipinski definition) is 3. The molecule has 0 aliphatic carbocycles. The summed E-state index contributed by atoms with van der Waals surface area (Å²) < 4.78 is 11.1. The Labute approximate surface area is 138 Å². The van der Waals surface area contributed by atoms with Crippen molar-refractivity contribution in [3.63, 3.8) is 0 Å². The first-order chi connectivity index (χ1) is 10.0. The van der Waals surface area contributed by atoms with Gasteiger partial charge in [0.1, 0.15) is 18.6 Å². The van der Waals surface area contributed by atoms with Crippen LogP contribution in [0.2, 0.25) is 0 Å². The third-order valence-electron chi connectivity index (χ3n) is 3.29. The lowest BCUT2D eigenvalue weighted by Crippen LogP contribution is -3.07. The van der Waals surface area contributed by atoms with Gasteiger partial charge in [0.15, 0.2) is 6.67 Å². The lowest BCUT2D eigenvalue weighted by Gasteiger charge is -2.16. The van der Waals surface area contributed by atoms with Crippen molar-refractivity contribution in [2.75, 3.05) is 14.2 Å². The summed E-state index contributed by atoms with van der Waals surface area (Å²) in [6.45, 7) is 4.47. The van der Waals surface area contributed by atoms with E-state index < -0.39 is 0 Å². The predicted octanol–water partition coefficient (Wildman–Crippen LogP) is 1.88. The number of quaternary nitrogens is 1. The van der Waals surface area contributed by atoms with Crippen LogP contribution in [0.1, 0.15) is 12.5 Å². The molecule has 1 unspecified atom stereocenters. The lowest BCUT2D eigenvalue weighted by atomic mass is 10.2. The molecule has 1 N–H and O–H groups in total. The molecule has 0 radical (unpaired) electrons. The number of nitrogens with one attached hydrogen (secondary N) is 1. The number of ether oxygens (including phenoxy) is 1. The molecule has 0 aliphatic heterocycles. The van der Waals surface area contributed by atoms with Crippen molar-refractivity contribution in [2.45, 2.75) is 26.7 Å². The average molecular weight is 372 g/mol. The van der Waals surface area contributed by atoms with Gasteiger partial charge in [-0.05, 0) is 37.3 Å². The van der Waals surface area contributed by atoms with Crippen LogP contribution < -0.4 is 9.64 Å². The minimum absolute atomic E-state index is 0.724. The molecular formula is C14H20BrN4OS+. The van der Waals surface area contributed by atoms with E-state index in [0.717, 1.165) is 40.3 Å². The fourth-order valence-corrected chi connectivity index (χ4v) is 2.92. The number of nitrogens with zero attached hydrogens (tertiary/aromatic N) is 3. The summed E-state index contributed by atoms with van der Waals surface area (Å²) in [6, 6.07) is 6.05. The number of halogens is 1. The van der Waals surface area contributed by atoms with Crippen LogP contribution in [0.4, 0.5) is 0 Å². The maximum atomic E-state index is 5.42. The van der Waals surface area contributed by atoms with Gasteiger partial charge >= 0.3 is 0 Å². The van der Waals surface area contributed by atoms with Crippen LogP contribution >= 0.6 is 28.1 Å². The van der Waals surface area contributed by atoms with Crippen LogP contribution in [-0.4, -0.2) is 28.5 Å². The Hall–Kier alpha value is -1.18. The Kier molecular flexibility index (Phi) is 5.55. The summed E-state index contributed by atoms with van der Waals surface area (Å²) in [4.78, 5) is 1.28. The maximum absolute atomic E-state index is 5.42. The molecule has 1 heterocycles. The summed E-state index contributed by atoms with van der Waals surface area (Å²) in [5, 5.41) is 4.34. The summed E-state index contributed by atoms with van der Waals surface area (Å²) in [7, 11) is 3.81. The molecule has 2 rings (SSSR count). The quantitative estimate of drug-likeness (QED) is 0.787. The second-order valence-corrected chi connectivity index (χ2v) is 6.23. The van der Waals surface area contributed by atoms with Gasteiger partial charge in [-0.15, -0.1) is 0 Å². The fraction of sp³-hybridized carbons (Fsp3) is 0.429. The van der Waals surface area contributed by atoms with Gasteiger partial charge in [-0.3, -0.25) is 0 Å². The van der Waals surface area contributed by atoms with Crippen molar-refractivity contribution in [3.05, 3.63) is 39.3 Å². The van der Waals surface area contributed by atoms with Crippen molar-refractivity contribution in [1.82, 2.24) is 14.3 Å². The summed E-state index contributed by atoms with van der Waals surface area (Å²) in [5.74, 6) is 0.903. The smallest absolute Gasteiger partial charge is 0.202 e. The van der Waals surface area contributed by atoms with Crippen LogP contribution in [0.15, 0.2) is 29.0 Å². The van der Waals surface area contributed by atoms with Crippen LogP contribution in [0.3, 0.4) is 0 Å². The first-order valence-electron chi connectivity index (χ1n) is 6.81. The molecular weight excluding hydrogens is 352 g/mol. The summed E-state index contributed by atoms with van der Waals surface area (Å²) in [5.41, 5.74) is 1.16. The van der Waals surface area contributed by atoms with E-state index in [1.807, 2.05) is 21.4 Å². The molecule has 1 aromatic carbocycles. The third kappa shape index (κ3) is 3.93. The molecule has 1 atom stereocenters. The molecule has 0 bridgehead atoms. The molecule has 0 amide bonds. The van der Waals surface area contributed by atoms with E-state index in [2.05, 4.69) is 41.1 Å². The van der Waals surface area contributed by atoms with Gasteiger partial charge in [0, 0.05) is 16.6 Å². The predicted molar refractivity (Wildman–Crippen MR) is 88.0 cm³/mol. The van der Waals surface area contributed by atoms with Crippen molar-refractivity contribution < 1.29 is 9.64 Å². The van der Waals surface area contributed by atoms with E-state index >= 15 is 0 Å². The third-order valence-corrected chi connectivity index (χ3v) is 4.23. The van der Waals surface area contributed by atoms with E-state index in [9.17, 15) is 0 Å². The molecule has 0 aliphatic rings. The zero-order valence-corrected chi connectivity index (χ0v) is 14.9. The van der Waals surface area contributed by atoms with Crippen LogP contribution in [-0.2, 0) is 19.8 Å². The highest BCUT2D eigenvalue weighted by Gasteiger charge is 2.12. The molecule has 0 fully saturated rings. The molecule has 7 heteroatoms. The van der Waals surface area contributed by atoms with Crippen LogP contribution in [0.25, 0.3) is 0 Å². The second kappa shape index (κ2) is 7.20. The van der Waals surface area contributed by atoms with Gasteiger partial charge in [0.05, 0.1) is 14.2 Å². The van der Waals surface area contributed by atoms with Crippen molar-refractivity contribution >= 4 is 28.1 Å². The lowest BCUT2D eigenvalue weighted by molar-refractivity contribution is -0.917. The number of aryl methyl sites for hydroxylation is 1. The molecule has 0 saturated heterocycles. The Morgan fingerprint density at radius 1 is 1.43 bits per heavy atom. The normalized spacial score (nSPS) is 12.4.